The molecule has 12 nitrogen and oxygen atoms in total. The molecule has 4 aromatic heterocycles. The van der Waals surface area contributed by atoms with Crippen LogP contribution in [-0.4, -0.2) is 35.4 Å². The lowest BCUT2D eigenvalue weighted by Gasteiger charge is -2.06. The number of nitrogens with one attached hydrogen (secondary N) is 4. The molecule has 1 amide bonds. The minimum absolute atomic E-state index is 0.103. The number of carbonyl (C=O) groups excluding carboxylic acids is 1. The molecule has 4 N–H and O–H groups in total. The molecule has 27 heavy (non-hydrogen) atoms. The summed E-state index contributed by atoms with van der Waals surface area (Å²) in [5, 5.41) is 2.31. The summed E-state index contributed by atoms with van der Waals surface area (Å²) in [6.45, 7) is -0.142. The van der Waals surface area contributed by atoms with Crippen LogP contribution in [0.3, 0.4) is 0 Å². The van der Waals surface area contributed by atoms with Crippen molar-refractivity contribution in [3.05, 3.63) is 73.4 Å². The number of furan rings is 1. The Morgan fingerprint density at radius 1 is 1.26 bits per heavy atom. The maximum Gasteiger partial charge on any atom is 0.328 e. The van der Waals surface area contributed by atoms with E-state index in [0.717, 1.165) is 10.8 Å². The Morgan fingerprint density at radius 2 is 2.11 bits per heavy atom. The first-order chi connectivity index (χ1) is 13.0. The predicted molar refractivity (Wildman–Crippen MR) is 91.6 cm³/mol. The standard InChI is InChI=1S/C15H11N7O5/c23-11(20-14-19-10-9(12(24)21-14)17-6-18-10)8-4-16-15(26)22(13(8)25)5-7-2-1-3-27-7/h1-4,6H,5H2,(H,16,26)(H3,17,18,19,20,21,23,24). The first-order valence-electron chi connectivity index (χ1n) is 7.62. The minimum Gasteiger partial charge on any atom is -0.467 e. The van der Waals surface area contributed by atoms with Crippen molar-refractivity contribution < 1.29 is 9.21 Å². The number of rotatable bonds is 4. The Labute approximate surface area is 147 Å². The molecule has 0 atom stereocenters. The highest BCUT2D eigenvalue weighted by Gasteiger charge is 2.17. The van der Waals surface area contributed by atoms with E-state index in [-0.39, 0.29) is 29.2 Å². The Balaban J connectivity index is 1.68. The molecular weight excluding hydrogens is 358 g/mol. The van der Waals surface area contributed by atoms with Crippen LogP contribution >= 0.6 is 0 Å². The average Bonchev–Trinajstić information content (AvgIpc) is 3.30. The Hall–Kier alpha value is -4.22. The van der Waals surface area contributed by atoms with Gasteiger partial charge in [0, 0.05) is 6.20 Å². The van der Waals surface area contributed by atoms with Gasteiger partial charge in [0.05, 0.1) is 19.1 Å². The van der Waals surface area contributed by atoms with Gasteiger partial charge in [0.1, 0.15) is 11.3 Å². The van der Waals surface area contributed by atoms with E-state index in [0.29, 0.717) is 5.76 Å². The van der Waals surface area contributed by atoms with E-state index < -0.39 is 22.7 Å². The van der Waals surface area contributed by atoms with Gasteiger partial charge in [0.2, 0.25) is 5.95 Å². The third-order valence-corrected chi connectivity index (χ3v) is 3.73. The van der Waals surface area contributed by atoms with Crippen molar-refractivity contribution in [3.8, 4) is 0 Å². The number of fused-ring (bicyclic) bond motifs is 1. The van der Waals surface area contributed by atoms with Gasteiger partial charge in [-0.3, -0.25) is 29.3 Å². The van der Waals surface area contributed by atoms with Gasteiger partial charge in [-0.15, -0.1) is 0 Å². The fraction of sp³-hybridized carbons (Fsp3) is 0.0667. The van der Waals surface area contributed by atoms with Crippen molar-refractivity contribution in [2.24, 2.45) is 0 Å². The lowest BCUT2D eigenvalue weighted by Crippen LogP contribution is -2.39. The SMILES string of the molecule is O=C(Nc1nc2nc[nH]c2c(=O)[nH]1)c1c[nH]c(=O)n(Cc2ccco2)c1=O. The maximum atomic E-state index is 12.5. The number of imidazole rings is 1. The van der Waals surface area contributed by atoms with Gasteiger partial charge < -0.3 is 14.4 Å². The summed E-state index contributed by atoms with van der Waals surface area (Å²) in [6.07, 6.45) is 3.68. The van der Waals surface area contributed by atoms with Crippen LogP contribution in [-0.2, 0) is 6.54 Å². The molecule has 0 saturated carbocycles. The predicted octanol–water partition coefficient (Wildman–Crippen LogP) is -0.610. The summed E-state index contributed by atoms with van der Waals surface area (Å²) in [5.41, 5.74) is -2.15. The summed E-state index contributed by atoms with van der Waals surface area (Å²) in [5.74, 6) is -0.676. The smallest absolute Gasteiger partial charge is 0.328 e. The largest absolute Gasteiger partial charge is 0.467 e. The molecule has 4 heterocycles. The second kappa shape index (κ2) is 6.25. The third kappa shape index (κ3) is 2.95. The monoisotopic (exact) mass is 369 g/mol. The van der Waals surface area contributed by atoms with Gasteiger partial charge in [-0.25, -0.2) is 9.78 Å². The Morgan fingerprint density at radius 3 is 2.89 bits per heavy atom. The quantitative estimate of drug-likeness (QED) is 0.371. The van der Waals surface area contributed by atoms with Crippen molar-refractivity contribution in [2.75, 3.05) is 5.32 Å². The van der Waals surface area contributed by atoms with E-state index in [2.05, 4.69) is 30.2 Å². The molecule has 0 bridgehead atoms. The van der Waals surface area contributed by atoms with Gasteiger partial charge in [0.25, 0.3) is 17.0 Å². The number of hydrogen-bond donors (Lipinski definition) is 4. The molecular formula is C15H11N7O5. The zero-order valence-electron chi connectivity index (χ0n) is 13.5. The Bertz CT molecular complexity index is 1310. The van der Waals surface area contributed by atoms with Crippen LogP contribution in [0, 0.1) is 0 Å². The minimum atomic E-state index is -0.859. The van der Waals surface area contributed by atoms with E-state index in [9.17, 15) is 19.2 Å². The fourth-order valence-corrected chi connectivity index (χ4v) is 2.45. The average molecular weight is 369 g/mol. The van der Waals surface area contributed by atoms with Gasteiger partial charge in [-0.2, -0.15) is 4.98 Å². The van der Waals surface area contributed by atoms with Crippen LogP contribution in [0.2, 0.25) is 0 Å². The van der Waals surface area contributed by atoms with Gasteiger partial charge in [0.15, 0.2) is 11.2 Å². The molecule has 0 aromatic carbocycles. The third-order valence-electron chi connectivity index (χ3n) is 3.73. The molecule has 0 fully saturated rings. The van der Waals surface area contributed by atoms with E-state index in [4.69, 9.17) is 4.42 Å². The molecule has 0 radical (unpaired) electrons. The highest BCUT2D eigenvalue weighted by molar-refractivity contribution is 6.03. The molecule has 0 unspecified atom stereocenters. The van der Waals surface area contributed by atoms with Crippen molar-refractivity contribution in [2.45, 2.75) is 6.54 Å². The van der Waals surface area contributed by atoms with Crippen LogP contribution in [0.1, 0.15) is 16.1 Å². The molecule has 0 spiro atoms. The second-order valence-electron chi connectivity index (χ2n) is 5.45. The normalized spacial score (nSPS) is 11.0. The van der Waals surface area contributed by atoms with Gasteiger partial charge >= 0.3 is 5.69 Å². The maximum absolute atomic E-state index is 12.5. The van der Waals surface area contributed by atoms with Crippen molar-refractivity contribution in [1.82, 2.24) is 29.5 Å². The summed E-state index contributed by atoms with van der Waals surface area (Å²) in [6, 6.07) is 3.20. The van der Waals surface area contributed by atoms with Crippen LogP contribution in [0.4, 0.5) is 5.95 Å². The molecule has 12 heteroatoms. The van der Waals surface area contributed by atoms with Crippen LogP contribution in [0.5, 0.6) is 0 Å². The highest BCUT2D eigenvalue weighted by atomic mass is 16.3. The summed E-state index contributed by atoms with van der Waals surface area (Å²) in [7, 11) is 0. The van der Waals surface area contributed by atoms with Crippen LogP contribution in [0.15, 0.2) is 49.7 Å². The number of aromatic nitrogens is 6. The number of aromatic amines is 3. The van der Waals surface area contributed by atoms with E-state index in [1.54, 1.807) is 12.1 Å². The van der Waals surface area contributed by atoms with Gasteiger partial charge in [-0.1, -0.05) is 0 Å². The molecule has 0 saturated heterocycles. The Kier molecular flexibility index (Phi) is 3.77. The van der Waals surface area contributed by atoms with Crippen molar-refractivity contribution in [1.29, 1.82) is 0 Å². The lowest BCUT2D eigenvalue weighted by molar-refractivity contribution is 0.102. The van der Waals surface area contributed by atoms with E-state index >= 15 is 0 Å². The molecule has 4 rings (SSSR count). The zero-order chi connectivity index (χ0) is 19.0. The highest BCUT2D eigenvalue weighted by Crippen LogP contribution is 2.04. The van der Waals surface area contributed by atoms with Gasteiger partial charge in [-0.05, 0) is 12.1 Å². The molecule has 0 aliphatic carbocycles. The number of amides is 1. The number of H-pyrrole nitrogens is 3. The fourth-order valence-electron chi connectivity index (χ4n) is 2.45. The van der Waals surface area contributed by atoms with Crippen molar-refractivity contribution >= 4 is 23.0 Å². The first-order valence-corrected chi connectivity index (χ1v) is 7.62. The summed E-state index contributed by atoms with van der Waals surface area (Å²) in [4.78, 5) is 63.8. The van der Waals surface area contributed by atoms with E-state index in [1.165, 1.54) is 12.6 Å². The number of nitrogens with zero attached hydrogens (tertiary/aromatic N) is 3. The van der Waals surface area contributed by atoms with Crippen LogP contribution < -0.4 is 22.1 Å². The second-order valence-corrected chi connectivity index (χ2v) is 5.45. The molecule has 0 aliphatic heterocycles. The number of hydrogen-bond acceptors (Lipinski definition) is 7. The van der Waals surface area contributed by atoms with Crippen molar-refractivity contribution in [3.63, 3.8) is 0 Å². The first kappa shape index (κ1) is 16.3. The molecule has 136 valence electrons. The number of carbonyl (C=O) groups is 1. The summed E-state index contributed by atoms with van der Waals surface area (Å²) < 4.78 is 5.94. The molecule has 0 aliphatic rings. The topological polar surface area (TPSA) is 172 Å². The van der Waals surface area contributed by atoms with Crippen LogP contribution in [0.25, 0.3) is 11.2 Å². The number of anilines is 1. The summed E-state index contributed by atoms with van der Waals surface area (Å²) >= 11 is 0. The van der Waals surface area contributed by atoms with E-state index in [1.807, 2.05) is 0 Å². The molecule has 4 aromatic rings. The lowest BCUT2D eigenvalue weighted by atomic mass is 10.3. The zero-order valence-corrected chi connectivity index (χ0v) is 13.5.